The Bertz CT molecular complexity index is 954. The van der Waals surface area contributed by atoms with Crippen LogP contribution in [0, 0.1) is 0 Å². The summed E-state index contributed by atoms with van der Waals surface area (Å²) in [5.74, 6) is -0.00683. The molecule has 0 aromatic heterocycles. The summed E-state index contributed by atoms with van der Waals surface area (Å²) in [7, 11) is 0. The molecule has 2 unspecified atom stereocenters. The summed E-state index contributed by atoms with van der Waals surface area (Å²) >= 11 is 0. The molecular weight excluding hydrogens is 378 g/mol. The van der Waals surface area contributed by atoms with Gasteiger partial charge in [0.05, 0.1) is 5.70 Å². The number of piperazine rings is 1. The zero-order chi connectivity index (χ0) is 20.5. The second-order valence-electron chi connectivity index (χ2n) is 7.89. The number of para-hydroxylation sites is 1. The molecule has 0 spiro atoms. The first-order valence-electron chi connectivity index (χ1n) is 10.4. The van der Waals surface area contributed by atoms with Gasteiger partial charge in [-0.2, -0.15) is 0 Å². The van der Waals surface area contributed by atoms with Crippen molar-refractivity contribution in [2.24, 2.45) is 0 Å². The maximum absolute atomic E-state index is 13.1. The normalized spacial score (nSPS) is 23.7. The molecule has 154 valence electrons. The van der Waals surface area contributed by atoms with E-state index in [1.54, 1.807) is 5.01 Å². The summed E-state index contributed by atoms with van der Waals surface area (Å²) in [5, 5.41) is 4.77. The number of rotatable bonds is 3. The molecular formula is C23H25N5O2. The second-order valence-corrected chi connectivity index (χ2v) is 7.89. The van der Waals surface area contributed by atoms with E-state index in [4.69, 9.17) is 0 Å². The Morgan fingerprint density at radius 1 is 0.900 bits per heavy atom. The van der Waals surface area contributed by atoms with Crippen LogP contribution in [0.1, 0.15) is 12.0 Å². The van der Waals surface area contributed by atoms with Crippen LogP contribution in [-0.2, 0) is 9.59 Å². The number of anilines is 1. The molecule has 2 N–H and O–H groups in total. The van der Waals surface area contributed by atoms with Crippen molar-refractivity contribution in [1.29, 1.82) is 0 Å². The molecule has 7 nitrogen and oxygen atoms in total. The van der Waals surface area contributed by atoms with Crippen molar-refractivity contribution in [2.75, 3.05) is 31.1 Å². The highest BCUT2D eigenvalue weighted by atomic mass is 16.2. The van der Waals surface area contributed by atoms with Crippen LogP contribution in [0.4, 0.5) is 5.69 Å². The summed E-state index contributed by atoms with van der Waals surface area (Å²) in [5.41, 5.74) is 6.13. The molecule has 3 aliphatic rings. The Balaban J connectivity index is 1.23. The van der Waals surface area contributed by atoms with Crippen molar-refractivity contribution in [3.8, 4) is 0 Å². The van der Waals surface area contributed by atoms with Crippen molar-refractivity contribution in [3.63, 3.8) is 0 Å². The molecule has 2 atom stereocenters. The fourth-order valence-corrected chi connectivity index (χ4v) is 4.37. The first kappa shape index (κ1) is 18.7. The highest BCUT2D eigenvalue weighted by Gasteiger charge is 2.42. The summed E-state index contributed by atoms with van der Waals surface area (Å²) < 4.78 is 0. The fourth-order valence-electron chi connectivity index (χ4n) is 4.37. The van der Waals surface area contributed by atoms with Gasteiger partial charge in [-0.3, -0.25) is 9.59 Å². The highest BCUT2D eigenvalue weighted by molar-refractivity contribution is 5.94. The van der Waals surface area contributed by atoms with Gasteiger partial charge in [0.1, 0.15) is 12.1 Å². The Morgan fingerprint density at radius 2 is 1.57 bits per heavy atom. The monoisotopic (exact) mass is 403 g/mol. The fraction of sp³-hybridized carbons (Fsp3) is 0.304. The minimum Gasteiger partial charge on any atom is -0.368 e. The van der Waals surface area contributed by atoms with E-state index in [0.717, 1.165) is 24.4 Å². The largest absolute Gasteiger partial charge is 0.368 e. The molecule has 30 heavy (non-hydrogen) atoms. The van der Waals surface area contributed by atoms with E-state index in [-0.39, 0.29) is 23.9 Å². The van der Waals surface area contributed by atoms with E-state index in [1.807, 2.05) is 59.6 Å². The van der Waals surface area contributed by atoms with Crippen LogP contribution in [0.2, 0.25) is 0 Å². The number of nitrogens with zero attached hydrogens (tertiary/aromatic N) is 3. The van der Waals surface area contributed by atoms with Crippen LogP contribution in [0.3, 0.4) is 0 Å². The smallest absolute Gasteiger partial charge is 0.248 e. The minimum absolute atomic E-state index is 0.0690. The summed E-state index contributed by atoms with van der Waals surface area (Å²) in [6.45, 7) is 3.00. The molecule has 2 aromatic rings. The molecule has 2 aromatic carbocycles. The van der Waals surface area contributed by atoms with Gasteiger partial charge in [-0.25, -0.2) is 5.43 Å². The van der Waals surface area contributed by atoms with Crippen molar-refractivity contribution < 1.29 is 9.59 Å². The third-order valence-electron chi connectivity index (χ3n) is 6.02. The number of nitrogens with one attached hydrogen (secondary N) is 2. The van der Waals surface area contributed by atoms with Gasteiger partial charge in [-0.1, -0.05) is 48.5 Å². The lowest BCUT2D eigenvalue weighted by atomic mass is 10.0. The van der Waals surface area contributed by atoms with Crippen LogP contribution in [0.5, 0.6) is 0 Å². The van der Waals surface area contributed by atoms with Gasteiger partial charge in [-0.05, 0) is 17.7 Å². The maximum Gasteiger partial charge on any atom is 0.248 e. The molecule has 0 saturated carbocycles. The predicted molar refractivity (Wildman–Crippen MR) is 115 cm³/mol. The van der Waals surface area contributed by atoms with E-state index in [9.17, 15) is 9.59 Å². The van der Waals surface area contributed by atoms with E-state index < -0.39 is 0 Å². The van der Waals surface area contributed by atoms with Gasteiger partial charge in [-0.15, -0.1) is 0 Å². The van der Waals surface area contributed by atoms with Crippen LogP contribution >= 0.6 is 0 Å². The Kier molecular flexibility index (Phi) is 4.88. The minimum atomic E-state index is -0.379. The zero-order valence-electron chi connectivity index (χ0n) is 16.7. The quantitative estimate of drug-likeness (QED) is 0.811. The van der Waals surface area contributed by atoms with E-state index in [2.05, 4.69) is 27.8 Å². The molecule has 0 radical (unpaired) electrons. The molecule has 0 aliphatic carbocycles. The van der Waals surface area contributed by atoms with Crippen LogP contribution in [0.25, 0.3) is 5.70 Å². The van der Waals surface area contributed by atoms with E-state index in [0.29, 0.717) is 19.5 Å². The molecule has 3 heterocycles. The van der Waals surface area contributed by atoms with Crippen molar-refractivity contribution in [2.45, 2.75) is 18.5 Å². The molecule has 2 amide bonds. The molecule has 3 aliphatic heterocycles. The number of fused-ring (bicyclic) bond motifs is 1. The number of hydrogen-bond donors (Lipinski definition) is 2. The lowest BCUT2D eigenvalue weighted by Crippen LogP contribution is -2.54. The third-order valence-corrected chi connectivity index (χ3v) is 6.02. The lowest BCUT2D eigenvalue weighted by Gasteiger charge is -2.37. The van der Waals surface area contributed by atoms with Gasteiger partial charge in [0.2, 0.25) is 11.8 Å². The Hall–Kier alpha value is -3.32. The summed E-state index contributed by atoms with van der Waals surface area (Å²) in [4.78, 5) is 30.0. The average molecular weight is 403 g/mol. The number of hydrogen-bond acceptors (Lipinski definition) is 5. The number of benzene rings is 2. The van der Waals surface area contributed by atoms with Gasteiger partial charge in [0.15, 0.2) is 0 Å². The van der Waals surface area contributed by atoms with Gasteiger partial charge < -0.3 is 20.1 Å². The first-order valence-corrected chi connectivity index (χ1v) is 10.4. The zero-order valence-corrected chi connectivity index (χ0v) is 16.7. The lowest BCUT2D eigenvalue weighted by molar-refractivity contribution is -0.133. The number of carbonyl (C=O) groups excluding carboxylic acids is 2. The molecule has 2 saturated heterocycles. The second kappa shape index (κ2) is 7.84. The summed E-state index contributed by atoms with van der Waals surface area (Å²) in [6.07, 6.45) is 2.37. The first-order chi connectivity index (χ1) is 14.7. The molecule has 0 bridgehead atoms. The van der Waals surface area contributed by atoms with Crippen molar-refractivity contribution in [1.82, 2.24) is 20.7 Å². The Labute approximate surface area is 175 Å². The summed E-state index contributed by atoms with van der Waals surface area (Å²) in [6, 6.07) is 19.3. The average Bonchev–Trinajstić information content (AvgIpc) is 3.25. The van der Waals surface area contributed by atoms with Gasteiger partial charge >= 0.3 is 0 Å². The van der Waals surface area contributed by atoms with Crippen LogP contribution in [0.15, 0.2) is 66.9 Å². The van der Waals surface area contributed by atoms with Crippen LogP contribution < -0.4 is 15.6 Å². The topological polar surface area (TPSA) is 67.9 Å². The van der Waals surface area contributed by atoms with Gasteiger partial charge in [0, 0.05) is 44.5 Å². The standard InChI is InChI=1S/C23H25N5O2/c29-22-21-15-19(25-28(21)16-20(24-22)17-7-3-1-4-8-17)23(30)27-13-11-26(12-14-27)18-9-5-2-6-10-18/h1-10,16,19,21,25H,11-15H2,(H,24,29). The van der Waals surface area contributed by atoms with E-state index >= 15 is 0 Å². The van der Waals surface area contributed by atoms with Crippen molar-refractivity contribution >= 4 is 23.2 Å². The van der Waals surface area contributed by atoms with Gasteiger partial charge in [0.25, 0.3) is 0 Å². The highest BCUT2D eigenvalue weighted by Crippen LogP contribution is 2.25. The third kappa shape index (κ3) is 3.52. The number of hydrazine groups is 1. The van der Waals surface area contributed by atoms with E-state index in [1.165, 1.54) is 5.69 Å². The van der Waals surface area contributed by atoms with Crippen molar-refractivity contribution in [3.05, 3.63) is 72.4 Å². The predicted octanol–water partition coefficient (Wildman–Crippen LogP) is 1.41. The Morgan fingerprint density at radius 3 is 2.27 bits per heavy atom. The molecule has 7 heteroatoms. The molecule has 5 rings (SSSR count). The molecule has 2 fully saturated rings. The number of amides is 2. The number of carbonyl (C=O) groups is 2. The SMILES string of the molecule is O=C1NC(c2ccccc2)=CN2NC(C(=O)N3CCN(c4ccccc4)CC3)CC12. The maximum atomic E-state index is 13.1. The van der Waals surface area contributed by atoms with Crippen LogP contribution in [-0.4, -0.2) is 60.0 Å².